The van der Waals surface area contributed by atoms with Gasteiger partial charge in [-0.15, -0.1) is 0 Å². The molecule has 1 aromatic carbocycles. The molecule has 6 heteroatoms. The van der Waals surface area contributed by atoms with E-state index >= 15 is 0 Å². The summed E-state index contributed by atoms with van der Waals surface area (Å²) < 4.78 is 7.85. The van der Waals surface area contributed by atoms with E-state index in [9.17, 15) is 0 Å². The van der Waals surface area contributed by atoms with Gasteiger partial charge in [0.1, 0.15) is 0 Å². The Balaban J connectivity index is 2.37. The number of halogens is 2. The summed E-state index contributed by atoms with van der Waals surface area (Å²) >= 11 is 9.79. The van der Waals surface area contributed by atoms with Gasteiger partial charge in [-0.05, 0) is 24.1 Å². The minimum absolute atomic E-state index is 0.336. The van der Waals surface area contributed by atoms with E-state index in [0.717, 1.165) is 15.7 Å². The van der Waals surface area contributed by atoms with Crippen molar-refractivity contribution >= 4 is 27.5 Å². The lowest BCUT2D eigenvalue weighted by Gasteiger charge is -2.17. The molecule has 1 heterocycles. The fourth-order valence-electron chi connectivity index (χ4n) is 2.07. The molecule has 0 amide bonds. The van der Waals surface area contributed by atoms with Crippen molar-refractivity contribution in [2.24, 2.45) is 5.73 Å². The summed E-state index contributed by atoms with van der Waals surface area (Å²) in [7, 11) is 1.65. The standard InChI is InChI=1S/C14H17BrClN3O/c1-9-3-4-10(11(15)7-9)13(17)14-12(16)8-18-19(14)5-6-20-2/h3-4,7-8,13H,5-6,17H2,1-2H3. The predicted octanol–water partition coefficient (Wildman–Crippen LogP) is 3.30. The van der Waals surface area contributed by atoms with Crippen LogP contribution in [0.25, 0.3) is 0 Å². The summed E-state index contributed by atoms with van der Waals surface area (Å²) in [5, 5.41) is 4.83. The van der Waals surface area contributed by atoms with E-state index in [2.05, 4.69) is 21.0 Å². The Morgan fingerprint density at radius 2 is 2.25 bits per heavy atom. The number of benzene rings is 1. The second-order valence-electron chi connectivity index (χ2n) is 4.60. The fraction of sp³-hybridized carbons (Fsp3) is 0.357. The van der Waals surface area contributed by atoms with Crippen molar-refractivity contribution in [3.8, 4) is 0 Å². The van der Waals surface area contributed by atoms with Gasteiger partial charge in [-0.2, -0.15) is 5.10 Å². The number of rotatable bonds is 5. The lowest BCUT2D eigenvalue weighted by Crippen LogP contribution is -2.20. The number of methoxy groups -OCH3 is 1. The highest BCUT2D eigenvalue weighted by atomic mass is 79.9. The molecular weight excluding hydrogens is 342 g/mol. The SMILES string of the molecule is COCCn1ncc(Cl)c1C(N)c1ccc(C)cc1Br. The number of hydrogen-bond donors (Lipinski definition) is 1. The normalized spacial score (nSPS) is 12.7. The van der Waals surface area contributed by atoms with Gasteiger partial charge in [0.15, 0.2) is 0 Å². The van der Waals surface area contributed by atoms with Crippen molar-refractivity contribution in [1.82, 2.24) is 9.78 Å². The second-order valence-corrected chi connectivity index (χ2v) is 5.86. The fourth-order valence-corrected chi connectivity index (χ4v) is 3.07. The lowest BCUT2D eigenvalue weighted by atomic mass is 10.0. The summed E-state index contributed by atoms with van der Waals surface area (Å²) in [5.74, 6) is 0. The van der Waals surface area contributed by atoms with Crippen LogP contribution in [0.15, 0.2) is 28.9 Å². The maximum atomic E-state index is 6.37. The molecule has 1 unspecified atom stereocenters. The first-order valence-electron chi connectivity index (χ1n) is 6.26. The summed E-state index contributed by atoms with van der Waals surface area (Å²) in [4.78, 5) is 0. The van der Waals surface area contributed by atoms with Gasteiger partial charge in [0, 0.05) is 11.6 Å². The van der Waals surface area contributed by atoms with Crippen LogP contribution < -0.4 is 5.73 Å². The summed E-state index contributed by atoms with van der Waals surface area (Å²) in [6.45, 7) is 3.22. The van der Waals surface area contributed by atoms with E-state index in [-0.39, 0.29) is 6.04 Å². The van der Waals surface area contributed by atoms with Gasteiger partial charge in [0.05, 0.1) is 36.1 Å². The van der Waals surface area contributed by atoms with Crippen LogP contribution >= 0.6 is 27.5 Å². The molecule has 1 atom stereocenters. The third kappa shape index (κ3) is 3.23. The molecule has 0 saturated carbocycles. The monoisotopic (exact) mass is 357 g/mol. The van der Waals surface area contributed by atoms with Crippen molar-refractivity contribution in [2.45, 2.75) is 19.5 Å². The molecule has 108 valence electrons. The molecule has 0 saturated heterocycles. The van der Waals surface area contributed by atoms with Crippen LogP contribution in [0, 0.1) is 6.92 Å². The zero-order valence-corrected chi connectivity index (χ0v) is 13.8. The minimum atomic E-state index is -0.336. The second kappa shape index (κ2) is 6.72. The Kier molecular flexibility index (Phi) is 5.21. The molecule has 2 aromatic rings. The molecule has 0 spiro atoms. The van der Waals surface area contributed by atoms with Crippen LogP contribution in [0.3, 0.4) is 0 Å². The van der Waals surface area contributed by atoms with Crippen LogP contribution in [0.4, 0.5) is 0 Å². The Labute approximate surface area is 132 Å². The van der Waals surface area contributed by atoms with E-state index in [1.807, 2.05) is 25.1 Å². The number of hydrogen-bond acceptors (Lipinski definition) is 3. The highest BCUT2D eigenvalue weighted by molar-refractivity contribution is 9.10. The molecular formula is C14H17BrClN3O. The molecule has 0 aliphatic heterocycles. The molecule has 1 aromatic heterocycles. The first-order valence-corrected chi connectivity index (χ1v) is 7.43. The number of nitrogens with zero attached hydrogens (tertiary/aromatic N) is 2. The van der Waals surface area contributed by atoms with Crippen LogP contribution in [0.5, 0.6) is 0 Å². The number of aromatic nitrogens is 2. The van der Waals surface area contributed by atoms with Gasteiger partial charge in [-0.1, -0.05) is 39.7 Å². The highest BCUT2D eigenvalue weighted by Gasteiger charge is 2.20. The quantitative estimate of drug-likeness (QED) is 0.892. The maximum absolute atomic E-state index is 6.37. The molecule has 0 aliphatic carbocycles. The molecule has 2 N–H and O–H groups in total. The Morgan fingerprint density at radius 3 is 2.90 bits per heavy atom. The van der Waals surface area contributed by atoms with Crippen molar-refractivity contribution in [1.29, 1.82) is 0 Å². The van der Waals surface area contributed by atoms with E-state index in [1.165, 1.54) is 5.56 Å². The van der Waals surface area contributed by atoms with Gasteiger partial charge in [-0.3, -0.25) is 4.68 Å². The lowest BCUT2D eigenvalue weighted by molar-refractivity contribution is 0.182. The zero-order valence-electron chi connectivity index (χ0n) is 11.4. The molecule has 4 nitrogen and oxygen atoms in total. The molecule has 0 bridgehead atoms. The van der Waals surface area contributed by atoms with Crippen molar-refractivity contribution in [3.05, 3.63) is 50.7 Å². The topological polar surface area (TPSA) is 53.1 Å². The first-order chi connectivity index (χ1) is 9.54. The average molecular weight is 359 g/mol. The molecule has 0 radical (unpaired) electrons. The largest absolute Gasteiger partial charge is 0.383 e. The number of nitrogens with two attached hydrogens (primary N) is 1. The van der Waals surface area contributed by atoms with Crippen LogP contribution in [0.1, 0.15) is 22.9 Å². The predicted molar refractivity (Wildman–Crippen MR) is 84.0 cm³/mol. The summed E-state index contributed by atoms with van der Waals surface area (Å²) in [6.07, 6.45) is 1.62. The third-order valence-corrected chi connectivity index (χ3v) is 4.10. The van der Waals surface area contributed by atoms with Gasteiger partial charge in [0.2, 0.25) is 0 Å². The Morgan fingerprint density at radius 1 is 1.50 bits per heavy atom. The molecule has 2 rings (SSSR count). The van der Waals surface area contributed by atoms with Crippen LogP contribution in [-0.2, 0) is 11.3 Å². The minimum Gasteiger partial charge on any atom is -0.383 e. The molecule has 20 heavy (non-hydrogen) atoms. The van der Waals surface area contributed by atoms with Crippen LogP contribution in [-0.4, -0.2) is 23.5 Å². The van der Waals surface area contributed by atoms with Crippen molar-refractivity contribution in [3.63, 3.8) is 0 Å². The molecule has 0 fully saturated rings. The van der Waals surface area contributed by atoms with Gasteiger partial charge in [0.25, 0.3) is 0 Å². The summed E-state index contributed by atoms with van der Waals surface area (Å²) in [6, 6.07) is 5.74. The van der Waals surface area contributed by atoms with Gasteiger partial charge in [-0.25, -0.2) is 0 Å². The number of aryl methyl sites for hydroxylation is 1. The third-order valence-electron chi connectivity index (χ3n) is 3.13. The zero-order chi connectivity index (χ0) is 14.7. The molecule has 0 aliphatic rings. The van der Waals surface area contributed by atoms with E-state index < -0.39 is 0 Å². The average Bonchev–Trinajstić information content (AvgIpc) is 2.77. The van der Waals surface area contributed by atoms with Crippen LogP contribution in [0.2, 0.25) is 5.02 Å². The van der Waals surface area contributed by atoms with Crippen molar-refractivity contribution < 1.29 is 4.74 Å². The first kappa shape index (κ1) is 15.5. The Hall–Kier alpha value is -0.880. The van der Waals surface area contributed by atoms with E-state index in [4.69, 9.17) is 22.1 Å². The smallest absolute Gasteiger partial charge is 0.0837 e. The van der Waals surface area contributed by atoms with E-state index in [0.29, 0.717) is 18.2 Å². The van der Waals surface area contributed by atoms with Gasteiger partial charge >= 0.3 is 0 Å². The highest BCUT2D eigenvalue weighted by Crippen LogP contribution is 2.31. The van der Waals surface area contributed by atoms with Gasteiger partial charge < -0.3 is 10.5 Å². The van der Waals surface area contributed by atoms with E-state index in [1.54, 1.807) is 18.0 Å². The van der Waals surface area contributed by atoms with Crippen molar-refractivity contribution in [2.75, 3.05) is 13.7 Å². The Bertz CT molecular complexity index is 600. The summed E-state index contributed by atoms with van der Waals surface area (Å²) in [5.41, 5.74) is 9.32. The maximum Gasteiger partial charge on any atom is 0.0837 e. The number of ether oxygens (including phenoxy) is 1.